The number of hydrogen-bond acceptors (Lipinski definition) is 3. The fourth-order valence-electron chi connectivity index (χ4n) is 5.45. The van der Waals surface area contributed by atoms with Crippen LogP contribution in [-0.4, -0.2) is 39.9 Å². The molecule has 1 aliphatic carbocycles. The Hall–Kier alpha value is -2.90. The lowest BCUT2D eigenvalue weighted by molar-refractivity contribution is 0.0694. The van der Waals surface area contributed by atoms with Gasteiger partial charge < -0.3 is 19.0 Å². The molecule has 0 radical (unpaired) electrons. The van der Waals surface area contributed by atoms with Crippen molar-refractivity contribution < 1.29 is 14.6 Å². The standard InChI is InChI=1S/C28H35N3O3Si/c1-35(2,3)17-16-34-19-30-14-13-25-26-21(18-29-27(25)30)12-15-31(26)22-10-8-20(9-11-22)23-6-4-5-7-24(23)28(32)33/h4-7,12-15,18,20,22H,8-11,16-17,19H2,1-3H3,(H,32,33). The van der Waals surface area contributed by atoms with E-state index >= 15 is 0 Å². The molecule has 4 aromatic rings. The minimum atomic E-state index is -1.10. The van der Waals surface area contributed by atoms with Gasteiger partial charge in [0, 0.05) is 50.1 Å². The van der Waals surface area contributed by atoms with Crippen molar-refractivity contribution in [3.63, 3.8) is 0 Å². The molecule has 1 aliphatic rings. The first-order chi connectivity index (χ1) is 16.8. The van der Waals surface area contributed by atoms with E-state index in [-0.39, 0.29) is 0 Å². The van der Waals surface area contributed by atoms with E-state index in [1.165, 1.54) is 10.9 Å². The second-order valence-electron chi connectivity index (χ2n) is 11.1. The molecule has 3 aromatic heterocycles. The van der Waals surface area contributed by atoms with Crippen LogP contribution in [0.5, 0.6) is 0 Å². The zero-order chi connectivity index (χ0) is 24.6. The van der Waals surface area contributed by atoms with Crippen LogP contribution >= 0.6 is 0 Å². The number of carbonyl (C=O) groups is 1. The highest BCUT2D eigenvalue weighted by Crippen LogP contribution is 2.41. The molecule has 6 nitrogen and oxygen atoms in total. The summed E-state index contributed by atoms with van der Waals surface area (Å²) in [6, 6.07) is 13.4. The molecule has 1 saturated carbocycles. The predicted octanol–water partition coefficient (Wildman–Crippen LogP) is 6.90. The van der Waals surface area contributed by atoms with Crippen LogP contribution in [0, 0.1) is 0 Å². The molecule has 0 spiro atoms. The second-order valence-corrected chi connectivity index (χ2v) is 16.7. The highest BCUT2D eigenvalue weighted by molar-refractivity contribution is 6.76. The number of carboxylic acid groups (broad SMARTS) is 1. The molecule has 0 amide bonds. The number of rotatable bonds is 8. The van der Waals surface area contributed by atoms with E-state index in [9.17, 15) is 9.90 Å². The quantitative estimate of drug-likeness (QED) is 0.216. The maximum atomic E-state index is 11.7. The minimum Gasteiger partial charge on any atom is -0.478 e. The number of hydrogen-bond donors (Lipinski definition) is 1. The number of aromatic nitrogens is 3. The van der Waals surface area contributed by atoms with Gasteiger partial charge in [-0.1, -0.05) is 37.8 Å². The maximum absolute atomic E-state index is 11.7. The number of fused-ring (bicyclic) bond motifs is 3. The summed E-state index contributed by atoms with van der Waals surface area (Å²) in [5.74, 6) is -0.528. The number of carboxylic acids is 1. The van der Waals surface area contributed by atoms with Gasteiger partial charge in [0.1, 0.15) is 12.4 Å². The topological polar surface area (TPSA) is 69.3 Å². The average Bonchev–Trinajstić information content (AvgIpc) is 3.45. The van der Waals surface area contributed by atoms with E-state index in [0.29, 0.717) is 24.3 Å². The summed E-state index contributed by atoms with van der Waals surface area (Å²) in [7, 11) is -1.10. The van der Waals surface area contributed by atoms with Crippen LogP contribution in [0.15, 0.2) is 55.0 Å². The molecule has 0 unspecified atom stereocenters. The zero-order valence-corrected chi connectivity index (χ0v) is 21.9. The maximum Gasteiger partial charge on any atom is 0.335 e. The molecule has 0 aliphatic heterocycles. The van der Waals surface area contributed by atoms with Crippen LogP contribution in [-0.2, 0) is 11.5 Å². The van der Waals surface area contributed by atoms with Crippen LogP contribution in [0.4, 0.5) is 0 Å². The third-order valence-electron chi connectivity index (χ3n) is 7.41. The van der Waals surface area contributed by atoms with Gasteiger partial charge >= 0.3 is 5.97 Å². The van der Waals surface area contributed by atoms with Crippen molar-refractivity contribution >= 4 is 36.0 Å². The molecule has 184 valence electrons. The van der Waals surface area contributed by atoms with Gasteiger partial charge in [-0.2, -0.15) is 0 Å². The molecule has 1 fully saturated rings. The summed E-state index contributed by atoms with van der Waals surface area (Å²) in [6.45, 7) is 8.42. The van der Waals surface area contributed by atoms with Gasteiger partial charge in [0.05, 0.1) is 11.1 Å². The molecule has 3 heterocycles. The Morgan fingerprint density at radius 1 is 1.09 bits per heavy atom. The third kappa shape index (κ3) is 4.93. The highest BCUT2D eigenvalue weighted by atomic mass is 28.3. The molecular weight excluding hydrogens is 454 g/mol. The van der Waals surface area contributed by atoms with Crippen molar-refractivity contribution in [1.82, 2.24) is 14.1 Å². The van der Waals surface area contributed by atoms with Crippen molar-refractivity contribution in [2.75, 3.05) is 6.61 Å². The second kappa shape index (κ2) is 9.63. The van der Waals surface area contributed by atoms with Crippen molar-refractivity contribution in [3.05, 3.63) is 66.1 Å². The van der Waals surface area contributed by atoms with Crippen LogP contribution in [0.1, 0.15) is 53.6 Å². The van der Waals surface area contributed by atoms with E-state index in [4.69, 9.17) is 9.72 Å². The Balaban J connectivity index is 1.34. The summed E-state index contributed by atoms with van der Waals surface area (Å²) in [5, 5.41) is 11.9. The van der Waals surface area contributed by atoms with Crippen LogP contribution < -0.4 is 0 Å². The van der Waals surface area contributed by atoms with Crippen molar-refractivity contribution in [1.29, 1.82) is 0 Å². The molecule has 1 N–H and O–H groups in total. The average molecular weight is 490 g/mol. The lowest BCUT2D eigenvalue weighted by Gasteiger charge is -2.31. The molecule has 0 atom stereocenters. The summed E-state index contributed by atoms with van der Waals surface area (Å²) in [6.07, 6.45) is 10.3. The first-order valence-electron chi connectivity index (χ1n) is 12.7. The van der Waals surface area contributed by atoms with Crippen molar-refractivity contribution in [2.24, 2.45) is 0 Å². The lowest BCUT2D eigenvalue weighted by atomic mass is 9.80. The number of benzene rings is 1. The number of ether oxygens (including phenoxy) is 1. The first-order valence-corrected chi connectivity index (χ1v) is 16.4. The van der Waals surface area contributed by atoms with Crippen LogP contribution in [0.3, 0.4) is 0 Å². The molecule has 1 aromatic carbocycles. The summed E-state index contributed by atoms with van der Waals surface area (Å²) >= 11 is 0. The normalized spacial score (nSPS) is 18.9. The van der Waals surface area contributed by atoms with Crippen molar-refractivity contribution in [3.8, 4) is 0 Å². The summed E-state index contributed by atoms with van der Waals surface area (Å²) in [5.41, 5.74) is 3.64. The van der Waals surface area contributed by atoms with Gasteiger partial charge in [-0.3, -0.25) is 0 Å². The Bertz CT molecular complexity index is 1340. The van der Waals surface area contributed by atoms with E-state index in [0.717, 1.165) is 54.9 Å². The first kappa shape index (κ1) is 23.8. The van der Waals surface area contributed by atoms with E-state index in [2.05, 4.69) is 53.3 Å². The van der Waals surface area contributed by atoms with E-state index in [1.54, 1.807) is 6.07 Å². The SMILES string of the molecule is C[Si](C)(C)CCOCn1ccc2c1ncc1ccn(C3CCC(c4ccccc4C(=O)O)CC3)c12. The predicted molar refractivity (Wildman–Crippen MR) is 143 cm³/mol. The number of aromatic carboxylic acids is 1. The Morgan fingerprint density at radius 3 is 2.60 bits per heavy atom. The Morgan fingerprint density at radius 2 is 1.86 bits per heavy atom. The fraction of sp³-hybridized carbons (Fsp3) is 0.429. The number of nitrogens with zero attached hydrogens (tertiary/aromatic N) is 3. The fourth-order valence-corrected chi connectivity index (χ4v) is 6.20. The molecule has 0 bridgehead atoms. The monoisotopic (exact) mass is 489 g/mol. The highest BCUT2D eigenvalue weighted by Gasteiger charge is 2.27. The molecule has 0 saturated heterocycles. The smallest absolute Gasteiger partial charge is 0.335 e. The minimum absolute atomic E-state index is 0.302. The van der Waals surface area contributed by atoms with E-state index < -0.39 is 14.0 Å². The number of pyridine rings is 1. The van der Waals surface area contributed by atoms with Gasteiger partial charge in [0.15, 0.2) is 0 Å². The molecule has 7 heteroatoms. The van der Waals surface area contributed by atoms with Gasteiger partial charge in [-0.15, -0.1) is 0 Å². The van der Waals surface area contributed by atoms with E-state index in [1.807, 2.05) is 24.4 Å². The van der Waals surface area contributed by atoms with Crippen LogP contribution in [0.2, 0.25) is 25.7 Å². The summed E-state index contributed by atoms with van der Waals surface area (Å²) < 4.78 is 10.5. The molecule has 35 heavy (non-hydrogen) atoms. The summed E-state index contributed by atoms with van der Waals surface area (Å²) in [4.78, 5) is 16.5. The molecular formula is C28H35N3O3Si. The Labute approximate surface area is 207 Å². The van der Waals surface area contributed by atoms with Crippen molar-refractivity contribution in [2.45, 2.75) is 70.1 Å². The van der Waals surface area contributed by atoms with Crippen LogP contribution in [0.25, 0.3) is 21.9 Å². The van der Waals surface area contributed by atoms with Gasteiger partial charge in [-0.25, -0.2) is 9.78 Å². The largest absolute Gasteiger partial charge is 0.478 e. The van der Waals surface area contributed by atoms with Gasteiger partial charge in [-0.05, 0) is 61.4 Å². The zero-order valence-electron chi connectivity index (χ0n) is 20.9. The Kier molecular flexibility index (Phi) is 6.55. The van der Waals surface area contributed by atoms with Gasteiger partial charge in [0.2, 0.25) is 0 Å². The molecule has 5 rings (SSSR count). The third-order valence-corrected chi connectivity index (χ3v) is 9.11. The lowest BCUT2D eigenvalue weighted by Crippen LogP contribution is -2.22. The van der Waals surface area contributed by atoms with Gasteiger partial charge in [0.25, 0.3) is 0 Å².